The van der Waals surface area contributed by atoms with Crippen LogP contribution in [-0.4, -0.2) is 32.7 Å². The van der Waals surface area contributed by atoms with E-state index in [1.165, 1.54) is 6.33 Å². The molecule has 0 aliphatic heterocycles. The van der Waals surface area contributed by atoms with Gasteiger partial charge in [-0.05, 0) is 5.92 Å². The van der Waals surface area contributed by atoms with Gasteiger partial charge in [0.2, 0.25) is 0 Å². The summed E-state index contributed by atoms with van der Waals surface area (Å²) in [6, 6.07) is 0.0918. The minimum atomic E-state index is 0.0918. The Morgan fingerprint density at radius 1 is 1.47 bits per heavy atom. The van der Waals surface area contributed by atoms with Crippen LogP contribution in [0.3, 0.4) is 0 Å². The van der Waals surface area contributed by atoms with Gasteiger partial charge in [-0.3, -0.25) is 0 Å². The molecular weight excluding hydrogens is 242 g/mol. The van der Waals surface area contributed by atoms with Crippen LogP contribution >= 0.6 is 0 Å². The van der Waals surface area contributed by atoms with E-state index in [1.807, 2.05) is 6.20 Å². The van der Waals surface area contributed by atoms with E-state index in [9.17, 15) is 5.11 Å². The SMILES string of the molecule is CCC(C)C(CO)NCc1c[nH]c2c(N)ncnc12. The first-order chi connectivity index (χ1) is 9.17. The monoisotopic (exact) mass is 263 g/mol. The Morgan fingerprint density at radius 3 is 2.95 bits per heavy atom. The van der Waals surface area contributed by atoms with Crippen molar-refractivity contribution in [1.29, 1.82) is 0 Å². The van der Waals surface area contributed by atoms with Gasteiger partial charge < -0.3 is 21.1 Å². The number of hydrogen-bond donors (Lipinski definition) is 4. The van der Waals surface area contributed by atoms with Gasteiger partial charge in [-0.15, -0.1) is 0 Å². The first-order valence-corrected chi connectivity index (χ1v) is 6.58. The zero-order chi connectivity index (χ0) is 13.8. The molecule has 2 unspecified atom stereocenters. The van der Waals surface area contributed by atoms with Crippen LogP contribution in [0.2, 0.25) is 0 Å². The summed E-state index contributed by atoms with van der Waals surface area (Å²) in [5, 5.41) is 12.8. The lowest BCUT2D eigenvalue weighted by molar-refractivity contribution is 0.201. The van der Waals surface area contributed by atoms with Gasteiger partial charge in [0, 0.05) is 24.3 Å². The molecule has 19 heavy (non-hydrogen) atoms. The summed E-state index contributed by atoms with van der Waals surface area (Å²) in [6.07, 6.45) is 4.38. The number of nitrogens with two attached hydrogens (primary N) is 1. The molecule has 0 aromatic carbocycles. The lowest BCUT2D eigenvalue weighted by Gasteiger charge is -2.21. The van der Waals surface area contributed by atoms with Crippen molar-refractivity contribution in [2.75, 3.05) is 12.3 Å². The normalized spacial score (nSPS) is 14.7. The van der Waals surface area contributed by atoms with Crippen LogP contribution in [0, 0.1) is 5.92 Å². The average Bonchev–Trinajstić information content (AvgIpc) is 2.84. The van der Waals surface area contributed by atoms with Crippen LogP contribution in [0.25, 0.3) is 11.0 Å². The third-order valence-corrected chi connectivity index (χ3v) is 3.65. The molecule has 6 nitrogen and oxygen atoms in total. The standard InChI is InChI=1S/C13H21N5O/c1-3-8(2)10(6-19)15-4-9-5-16-12-11(9)17-7-18-13(12)14/h5,7-8,10,15-16,19H,3-4,6H2,1-2H3,(H2,14,17,18). The first kappa shape index (κ1) is 13.8. The highest BCUT2D eigenvalue weighted by atomic mass is 16.3. The maximum atomic E-state index is 9.40. The van der Waals surface area contributed by atoms with Gasteiger partial charge in [0.05, 0.1) is 12.1 Å². The van der Waals surface area contributed by atoms with Gasteiger partial charge in [-0.25, -0.2) is 9.97 Å². The predicted molar refractivity (Wildman–Crippen MR) is 75.5 cm³/mol. The fraction of sp³-hybridized carbons (Fsp3) is 0.538. The Bertz CT molecular complexity index is 539. The van der Waals surface area contributed by atoms with E-state index in [0.29, 0.717) is 18.3 Å². The topological polar surface area (TPSA) is 99.8 Å². The zero-order valence-electron chi connectivity index (χ0n) is 11.3. The van der Waals surface area contributed by atoms with E-state index in [2.05, 4.69) is 34.1 Å². The number of aliphatic hydroxyl groups excluding tert-OH is 1. The Hall–Kier alpha value is -1.66. The quantitative estimate of drug-likeness (QED) is 0.624. The van der Waals surface area contributed by atoms with Crippen molar-refractivity contribution in [1.82, 2.24) is 20.3 Å². The van der Waals surface area contributed by atoms with Gasteiger partial charge in [-0.2, -0.15) is 0 Å². The summed E-state index contributed by atoms with van der Waals surface area (Å²) in [4.78, 5) is 11.3. The summed E-state index contributed by atoms with van der Waals surface area (Å²) in [5.74, 6) is 0.881. The maximum Gasteiger partial charge on any atom is 0.151 e. The minimum Gasteiger partial charge on any atom is -0.395 e. The summed E-state index contributed by atoms with van der Waals surface area (Å²) in [7, 11) is 0. The van der Waals surface area contributed by atoms with Crippen LogP contribution in [0.1, 0.15) is 25.8 Å². The molecule has 0 fully saturated rings. The highest BCUT2D eigenvalue weighted by Gasteiger charge is 2.15. The number of nitrogens with zero attached hydrogens (tertiary/aromatic N) is 2. The third-order valence-electron chi connectivity index (χ3n) is 3.65. The van der Waals surface area contributed by atoms with Gasteiger partial charge in [-0.1, -0.05) is 20.3 Å². The van der Waals surface area contributed by atoms with Crippen molar-refractivity contribution in [3.8, 4) is 0 Å². The molecule has 2 atom stereocenters. The molecule has 0 saturated carbocycles. The molecule has 2 aromatic rings. The Labute approximate surface area is 112 Å². The van der Waals surface area contributed by atoms with Crippen LogP contribution < -0.4 is 11.1 Å². The predicted octanol–water partition coefficient (Wildman–Crippen LogP) is 1.04. The van der Waals surface area contributed by atoms with E-state index >= 15 is 0 Å². The number of aromatic nitrogens is 3. The first-order valence-electron chi connectivity index (χ1n) is 6.58. The fourth-order valence-corrected chi connectivity index (χ4v) is 2.12. The smallest absolute Gasteiger partial charge is 0.151 e. The minimum absolute atomic E-state index is 0.0918. The van der Waals surface area contributed by atoms with Crippen LogP contribution in [-0.2, 0) is 6.54 Å². The van der Waals surface area contributed by atoms with E-state index in [4.69, 9.17) is 5.73 Å². The van der Waals surface area contributed by atoms with E-state index in [1.54, 1.807) is 0 Å². The summed E-state index contributed by atoms with van der Waals surface area (Å²) in [6.45, 7) is 5.03. The summed E-state index contributed by atoms with van der Waals surface area (Å²) in [5.41, 5.74) is 8.41. The molecule has 2 aromatic heterocycles. The molecule has 0 aliphatic rings. The number of nitrogens with one attached hydrogen (secondary N) is 2. The number of rotatable bonds is 6. The second kappa shape index (κ2) is 5.99. The van der Waals surface area contributed by atoms with E-state index in [-0.39, 0.29) is 12.6 Å². The molecule has 0 bridgehead atoms. The van der Waals surface area contributed by atoms with Gasteiger partial charge in [0.1, 0.15) is 11.8 Å². The number of nitrogen functional groups attached to an aromatic ring is 1. The van der Waals surface area contributed by atoms with Gasteiger partial charge >= 0.3 is 0 Å². The highest BCUT2D eigenvalue weighted by Crippen LogP contribution is 2.19. The molecule has 0 aliphatic carbocycles. The van der Waals surface area contributed by atoms with Crippen molar-refractivity contribution < 1.29 is 5.11 Å². The molecule has 104 valence electrons. The molecule has 5 N–H and O–H groups in total. The highest BCUT2D eigenvalue weighted by molar-refractivity contribution is 5.86. The average molecular weight is 263 g/mol. The number of aromatic amines is 1. The van der Waals surface area contributed by atoms with Crippen molar-refractivity contribution in [3.63, 3.8) is 0 Å². The van der Waals surface area contributed by atoms with Crippen molar-refractivity contribution in [2.45, 2.75) is 32.9 Å². The molecule has 0 amide bonds. The summed E-state index contributed by atoms with van der Waals surface area (Å²) < 4.78 is 0. The van der Waals surface area contributed by atoms with E-state index in [0.717, 1.165) is 23.0 Å². The second-order valence-electron chi connectivity index (χ2n) is 4.85. The molecule has 0 radical (unpaired) electrons. The molecule has 0 saturated heterocycles. The second-order valence-corrected chi connectivity index (χ2v) is 4.85. The van der Waals surface area contributed by atoms with Crippen LogP contribution in [0.15, 0.2) is 12.5 Å². The Kier molecular flexibility index (Phi) is 4.34. The largest absolute Gasteiger partial charge is 0.395 e. The Morgan fingerprint density at radius 2 is 2.26 bits per heavy atom. The van der Waals surface area contributed by atoms with Crippen molar-refractivity contribution in [3.05, 3.63) is 18.1 Å². The van der Waals surface area contributed by atoms with Gasteiger partial charge in [0.25, 0.3) is 0 Å². The summed E-state index contributed by atoms with van der Waals surface area (Å²) >= 11 is 0. The number of hydrogen-bond acceptors (Lipinski definition) is 5. The molecule has 2 heterocycles. The number of H-pyrrole nitrogens is 1. The molecule has 6 heteroatoms. The van der Waals surface area contributed by atoms with Crippen LogP contribution in [0.5, 0.6) is 0 Å². The number of fused-ring (bicyclic) bond motifs is 1. The Balaban J connectivity index is 2.11. The van der Waals surface area contributed by atoms with Crippen molar-refractivity contribution in [2.24, 2.45) is 5.92 Å². The molecule has 2 rings (SSSR count). The maximum absolute atomic E-state index is 9.40. The molecular formula is C13H21N5O. The lowest BCUT2D eigenvalue weighted by atomic mass is 10.00. The lowest BCUT2D eigenvalue weighted by Crippen LogP contribution is -2.37. The van der Waals surface area contributed by atoms with Crippen molar-refractivity contribution >= 4 is 16.9 Å². The van der Waals surface area contributed by atoms with Gasteiger partial charge in [0.15, 0.2) is 5.82 Å². The zero-order valence-corrected chi connectivity index (χ0v) is 11.3. The number of aliphatic hydroxyl groups is 1. The van der Waals surface area contributed by atoms with E-state index < -0.39 is 0 Å². The molecule has 0 spiro atoms. The number of anilines is 1. The van der Waals surface area contributed by atoms with Crippen LogP contribution in [0.4, 0.5) is 5.82 Å². The third kappa shape index (κ3) is 2.85. The fourth-order valence-electron chi connectivity index (χ4n) is 2.12.